The molecule has 0 fully saturated rings. The standard InChI is InChI=1S/C12H9N3O4/c16-11-5-6-13-7-10(11)12(17)14-8-1-3-9(4-2-8)15(18)19/h1-7H,(H,13,16)(H,14,17). The van der Waals surface area contributed by atoms with E-state index in [-0.39, 0.29) is 11.3 Å². The molecule has 0 atom stereocenters. The van der Waals surface area contributed by atoms with Crippen molar-refractivity contribution >= 4 is 17.3 Å². The molecule has 0 spiro atoms. The molecule has 0 unspecified atom stereocenters. The number of benzene rings is 1. The van der Waals surface area contributed by atoms with Crippen LogP contribution in [0.25, 0.3) is 0 Å². The highest BCUT2D eigenvalue weighted by Crippen LogP contribution is 2.15. The first-order valence-electron chi connectivity index (χ1n) is 5.31. The number of nitro groups is 1. The van der Waals surface area contributed by atoms with E-state index in [1.807, 2.05) is 0 Å². The van der Waals surface area contributed by atoms with Crippen molar-refractivity contribution in [3.63, 3.8) is 0 Å². The van der Waals surface area contributed by atoms with Gasteiger partial charge >= 0.3 is 0 Å². The average Bonchev–Trinajstić information content (AvgIpc) is 2.39. The van der Waals surface area contributed by atoms with Gasteiger partial charge in [0.05, 0.1) is 4.92 Å². The molecule has 1 heterocycles. The number of non-ortho nitro benzene ring substituents is 1. The van der Waals surface area contributed by atoms with Gasteiger partial charge in [-0.05, 0) is 12.1 Å². The molecule has 7 heteroatoms. The monoisotopic (exact) mass is 259 g/mol. The normalized spacial score (nSPS) is 9.89. The Bertz CT molecular complexity index is 676. The number of nitro benzene ring substituents is 1. The lowest BCUT2D eigenvalue weighted by molar-refractivity contribution is -0.384. The largest absolute Gasteiger partial charge is 0.367 e. The van der Waals surface area contributed by atoms with Crippen molar-refractivity contribution in [1.29, 1.82) is 0 Å². The van der Waals surface area contributed by atoms with E-state index in [9.17, 15) is 19.7 Å². The number of hydrogen-bond donors (Lipinski definition) is 2. The number of aromatic nitrogens is 1. The molecule has 0 aliphatic heterocycles. The molecule has 0 saturated carbocycles. The molecule has 2 rings (SSSR count). The van der Waals surface area contributed by atoms with Crippen LogP contribution in [0.1, 0.15) is 10.4 Å². The number of pyridine rings is 1. The zero-order chi connectivity index (χ0) is 13.8. The highest BCUT2D eigenvalue weighted by atomic mass is 16.6. The van der Waals surface area contributed by atoms with Crippen molar-refractivity contribution < 1.29 is 9.72 Å². The zero-order valence-corrected chi connectivity index (χ0v) is 9.62. The van der Waals surface area contributed by atoms with Crippen molar-refractivity contribution in [2.45, 2.75) is 0 Å². The number of H-pyrrole nitrogens is 1. The second kappa shape index (κ2) is 5.13. The SMILES string of the molecule is O=C(Nc1ccc([N+](=O)[O-])cc1)c1c[nH]ccc1=O. The van der Waals surface area contributed by atoms with Crippen LogP contribution in [0.5, 0.6) is 0 Å². The first kappa shape index (κ1) is 12.5. The van der Waals surface area contributed by atoms with Gasteiger partial charge in [-0.15, -0.1) is 0 Å². The molecule has 2 N–H and O–H groups in total. The molecule has 1 aromatic carbocycles. The maximum atomic E-state index is 11.8. The van der Waals surface area contributed by atoms with Crippen LogP contribution in [0.2, 0.25) is 0 Å². The van der Waals surface area contributed by atoms with Gasteiger partial charge < -0.3 is 10.3 Å². The van der Waals surface area contributed by atoms with Crippen LogP contribution < -0.4 is 10.7 Å². The minimum Gasteiger partial charge on any atom is -0.367 e. The van der Waals surface area contributed by atoms with Gasteiger partial charge in [-0.2, -0.15) is 0 Å². The summed E-state index contributed by atoms with van der Waals surface area (Å²) in [6.07, 6.45) is 2.72. The van der Waals surface area contributed by atoms with Gasteiger partial charge in [0.15, 0.2) is 5.43 Å². The van der Waals surface area contributed by atoms with Crippen LogP contribution >= 0.6 is 0 Å². The molecule has 0 aliphatic carbocycles. The number of hydrogen-bond acceptors (Lipinski definition) is 4. The lowest BCUT2D eigenvalue weighted by Crippen LogP contribution is -2.20. The van der Waals surface area contributed by atoms with Gasteiger partial charge in [-0.25, -0.2) is 0 Å². The molecule has 19 heavy (non-hydrogen) atoms. The highest BCUT2D eigenvalue weighted by molar-refractivity contribution is 6.03. The van der Waals surface area contributed by atoms with E-state index in [1.165, 1.54) is 42.7 Å². The second-order valence-corrected chi connectivity index (χ2v) is 3.68. The fourth-order valence-electron chi connectivity index (χ4n) is 1.46. The molecule has 1 aromatic heterocycles. The summed E-state index contributed by atoms with van der Waals surface area (Å²) in [5.41, 5.74) is -0.131. The van der Waals surface area contributed by atoms with E-state index in [1.54, 1.807) is 0 Å². The van der Waals surface area contributed by atoms with Crippen molar-refractivity contribution in [3.05, 3.63) is 68.6 Å². The summed E-state index contributed by atoms with van der Waals surface area (Å²) in [4.78, 5) is 35.8. The van der Waals surface area contributed by atoms with Gasteiger partial charge in [-0.3, -0.25) is 19.7 Å². The lowest BCUT2D eigenvalue weighted by Gasteiger charge is -2.03. The number of anilines is 1. The third kappa shape index (κ3) is 2.83. The van der Waals surface area contributed by atoms with Crippen molar-refractivity contribution in [3.8, 4) is 0 Å². The van der Waals surface area contributed by atoms with Crippen molar-refractivity contribution in [2.24, 2.45) is 0 Å². The highest BCUT2D eigenvalue weighted by Gasteiger charge is 2.10. The van der Waals surface area contributed by atoms with Crippen LogP contribution in [-0.2, 0) is 0 Å². The maximum Gasteiger partial charge on any atom is 0.269 e. The Labute approximate surface area is 107 Å². The third-order valence-corrected chi connectivity index (χ3v) is 2.40. The molecule has 2 aromatic rings. The maximum absolute atomic E-state index is 11.8. The van der Waals surface area contributed by atoms with E-state index in [2.05, 4.69) is 10.3 Å². The number of carbonyl (C=O) groups is 1. The molecule has 7 nitrogen and oxygen atoms in total. The summed E-state index contributed by atoms with van der Waals surface area (Å²) in [7, 11) is 0. The minimum absolute atomic E-state index is 0.0270. The number of carbonyl (C=O) groups excluding carboxylic acids is 1. The van der Waals surface area contributed by atoms with Crippen LogP contribution in [0.15, 0.2) is 47.5 Å². The second-order valence-electron chi connectivity index (χ2n) is 3.68. The van der Waals surface area contributed by atoms with E-state index in [0.717, 1.165) is 0 Å². The minimum atomic E-state index is -0.573. The Hall–Kier alpha value is -2.96. The lowest BCUT2D eigenvalue weighted by atomic mass is 10.2. The average molecular weight is 259 g/mol. The van der Waals surface area contributed by atoms with Gasteiger partial charge in [0.2, 0.25) is 0 Å². The predicted octanol–water partition coefficient (Wildman–Crippen LogP) is 1.54. The Kier molecular flexibility index (Phi) is 3.37. The first-order valence-corrected chi connectivity index (χ1v) is 5.31. The molecule has 0 radical (unpaired) electrons. The molecule has 0 bridgehead atoms. The zero-order valence-electron chi connectivity index (χ0n) is 9.62. The summed E-state index contributed by atoms with van der Waals surface area (Å²) >= 11 is 0. The van der Waals surface area contributed by atoms with Crippen LogP contribution in [0, 0.1) is 10.1 Å². The first-order chi connectivity index (χ1) is 9.08. The van der Waals surface area contributed by atoms with E-state index in [4.69, 9.17) is 0 Å². The molecule has 1 amide bonds. The summed E-state index contributed by atoms with van der Waals surface area (Å²) in [5, 5.41) is 13.0. The van der Waals surface area contributed by atoms with E-state index < -0.39 is 16.3 Å². The molecular formula is C12H9N3O4. The summed E-state index contributed by atoms with van der Waals surface area (Å²) in [6, 6.07) is 6.57. The van der Waals surface area contributed by atoms with Gasteiger partial charge in [0.25, 0.3) is 11.6 Å². The van der Waals surface area contributed by atoms with Gasteiger partial charge in [0, 0.05) is 36.3 Å². The fraction of sp³-hybridized carbons (Fsp3) is 0. The molecular weight excluding hydrogens is 250 g/mol. The summed E-state index contributed by atoms with van der Waals surface area (Å²) in [5.74, 6) is -0.573. The number of aromatic amines is 1. The summed E-state index contributed by atoms with van der Waals surface area (Å²) in [6.45, 7) is 0. The number of nitrogens with zero attached hydrogens (tertiary/aromatic N) is 1. The molecule has 0 aliphatic rings. The van der Waals surface area contributed by atoms with E-state index >= 15 is 0 Å². The topological polar surface area (TPSA) is 105 Å². The van der Waals surface area contributed by atoms with Crippen LogP contribution in [0.3, 0.4) is 0 Å². The molecule has 0 saturated heterocycles. The molecule has 96 valence electrons. The van der Waals surface area contributed by atoms with Crippen molar-refractivity contribution in [1.82, 2.24) is 4.98 Å². The predicted molar refractivity (Wildman–Crippen MR) is 68.1 cm³/mol. The van der Waals surface area contributed by atoms with Crippen molar-refractivity contribution in [2.75, 3.05) is 5.32 Å². The quantitative estimate of drug-likeness (QED) is 0.644. The number of nitrogens with one attached hydrogen (secondary N) is 2. The van der Waals surface area contributed by atoms with Gasteiger partial charge in [-0.1, -0.05) is 0 Å². The van der Waals surface area contributed by atoms with Crippen LogP contribution in [0.4, 0.5) is 11.4 Å². The summed E-state index contributed by atoms with van der Waals surface area (Å²) < 4.78 is 0. The fourth-order valence-corrected chi connectivity index (χ4v) is 1.46. The Morgan fingerprint density at radius 3 is 2.47 bits per heavy atom. The Balaban J connectivity index is 2.18. The Morgan fingerprint density at radius 2 is 1.89 bits per heavy atom. The smallest absolute Gasteiger partial charge is 0.269 e. The Morgan fingerprint density at radius 1 is 1.21 bits per heavy atom. The van der Waals surface area contributed by atoms with Crippen LogP contribution in [-0.4, -0.2) is 15.8 Å². The van der Waals surface area contributed by atoms with E-state index in [0.29, 0.717) is 5.69 Å². The third-order valence-electron chi connectivity index (χ3n) is 2.40. The van der Waals surface area contributed by atoms with Gasteiger partial charge in [0.1, 0.15) is 5.56 Å². The number of rotatable bonds is 3. The number of amides is 1.